The lowest BCUT2D eigenvalue weighted by atomic mass is 10.0. The van der Waals surface area contributed by atoms with Crippen LogP contribution in [0, 0.1) is 11.3 Å². The predicted octanol–water partition coefficient (Wildman–Crippen LogP) is 9.96. The Kier molecular flexibility index (Phi) is 4.82. The molecule has 6 heteroatoms. The first-order valence-corrected chi connectivity index (χ1v) is 15.9. The van der Waals surface area contributed by atoms with Gasteiger partial charge in [-0.3, -0.25) is 9.55 Å². The topological polar surface area (TPSA) is 71.8 Å². The van der Waals surface area contributed by atoms with Crippen molar-refractivity contribution in [1.82, 2.24) is 23.9 Å². The van der Waals surface area contributed by atoms with Crippen molar-refractivity contribution in [2.24, 2.45) is 0 Å². The first kappa shape index (κ1) is 25.4. The lowest BCUT2D eigenvalue weighted by Gasteiger charge is -2.11. The van der Waals surface area contributed by atoms with Crippen LogP contribution in [0.5, 0.6) is 0 Å². The highest BCUT2D eigenvalue weighted by Crippen LogP contribution is 2.47. The van der Waals surface area contributed by atoms with Gasteiger partial charge in [0, 0.05) is 49.5 Å². The van der Waals surface area contributed by atoms with Crippen LogP contribution in [0.25, 0.3) is 98.9 Å². The third-order valence-electron chi connectivity index (χ3n) is 9.89. The normalized spacial score (nSPS) is 12.1. The fourth-order valence-corrected chi connectivity index (χ4v) is 7.97. The van der Waals surface area contributed by atoms with E-state index in [9.17, 15) is 5.26 Å². The maximum Gasteiger partial charge on any atom is 0.235 e. The first-order chi connectivity index (χ1) is 23.8. The average Bonchev–Trinajstić information content (AvgIpc) is 3.79. The first-order valence-electron chi connectivity index (χ1n) is 15.9. The van der Waals surface area contributed by atoms with E-state index in [-0.39, 0.29) is 0 Å². The van der Waals surface area contributed by atoms with Crippen molar-refractivity contribution in [3.05, 3.63) is 139 Å². The second-order valence-electron chi connectivity index (χ2n) is 12.4. The van der Waals surface area contributed by atoms with Gasteiger partial charge in [-0.25, -0.2) is 9.97 Å². The zero-order valence-electron chi connectivity index (χ0n) is 25.4. The van der Waals surface area contributed by atoms with Crippen molar-refractivity contribution in [2.75, 3.05) is 0 Å². The lowest BCUT2D eigenvalue weighted by Crippen LogP contribution is -2.04. The molecule has 0 atom stereocenters. The van der Waals surface area contributed by atoms with E-state index in [1.165, 1.54) is 54.3 Å². The van der Waals surface area contributed by atoms with Crippen LogP contribution in [-0.4, -0.2) is 23.9 Å². The molecule has 220 valence electrons. The molecular weight excluding hydrogens is 589 g/mol. The van der Waals surface area contributed by atoms with E-state index in [2.05, 4.69) is 106 Å². The van der Waals surface area contributed by atoms with Crippen molar-refractivity contribution < 1.29 is 0 Å². The Hall–Kier alpha value is -6.84. The number of benzene rings is 6. The lowest BCUT2D eigenvalue weighted by molar-refractivity contribution is 1.01. The summed E-state index contributed by atoms with van der Waals surface area (Å²) in [6.07, 6.45) is 1.76. The number of hydrogen-bond donors (Lipinski definition) is 0. The predicted molar refractivity (Wildman–Crippen MR) is 194 cm³/mol. The zero-order valence-corrected chi connectivity index (χ0v) is 25.4. The molecule has 0 saturated carbocycles. The highest BCUT2D eigenvalue weighted by molar-refractivity contribution is 6.37. The molecule has 0 aliphatic carbocycles. The summed E-state index contributed by atoms with van der Waals surface area (Å²) in [7, 11) is 0. The SMILES string of the molecule is N#Cc1cccc(-c2nc(-n3c4ccccc4c4c5c6ccc7ccccc7c6n6c7ccccc7c(cc43)c56)nc3cccnc23)c1. The van der Waals surface area contributed by atoms with Gasteiger partial charge in [-0.1, -0.05) is 84.9 Å². The molecule has 5 aromatic heterocycles. The van der Waals surface area contributed by atoms with Crippen LogP contribution < -0.4 is 0 Å². The fraction of sp³-hybridized carbons (Fsp3) is 0. The second-order valence-corrected chi connectivity index (χ2v) is 12.4. The monoisotopic (exact) mass is 610 g/mol. The van der Waals surface area contributed by atoms with E-state index in [4.69, 9.17) is 15.0 Å². The van der Waals surface area contributed by atoms with Crippen molar-refractivity contribution >= 4 is 81.7 Å². The summed E-state index contributed by atoms with van der Waals surface area (Å²) in [4.78, 5) is 15.1. The van der Waals surface area contributed by atoms with Crippen molar-refractivity contribution in [3.8, 4) is 23.3 Å². The number of hydrogen-bond acceptors (Lipinski definition) is 4. The number of pyridine rings is 1. The zero-order chi connectivity index (χ0) is 31.5. The molecule has 5 heterocycles. The second kappa shape index (κ2) is 9.12. The number of rotatable bonds is 2. The van der Waals surface area contributed by atoms with Gasteiger partial charge in [-0.2, -0.15) is 5.26 Å². The number of fused-ring (bicyclic) bond motifs is 13. The summed E-state index contributed by atoms with van der Waals surface area (Å²) in [5, 5.41) is 19.3. The van der Waals surface area contributed by atoms with Gasteiger partial charge in [-0.05, 0) is 47.9 Å². The number of nitrogens with zero attached hydrogens (tertiary/aromatic N) is 6. The molecule has 11 aromatic rings. The Morgan fingerprint density at radius 1 is 0.562 bits per heavy atom. The van der Waals surface area contributed by atoms with Crippen LogP contribution in [0.3, 0.4) is 0 Å². The van der Waals surface area contributed by atoms with E-state index in [0.717, 1.165) is 27.5 Å². The summed E-state index contributed by atoms with van der Waals surface area (Å²) in [6, 6.07) is 46.5. The molecule has 0 N–H and O–H groups in total. The van der Waals surface area contributed by atoms with Gasteiger partial charge in [0.2, 0.25) is 5.95 Å². The van der Waals surface area contributed by atoms with Crippen LogP contribution >= 0.6 is 0 Å². The molecule has 6 nitrogen and oxygen atoms in total. The molecule has 0 fully saturated rings. The van der Waals surface area contributed by atoms with Gasteiger partial charge in [0.25, 0.3) is 0 Å². The molecular formula is C42H22N6. The maximum absolute atomic E-state index is 9.69. The van der Waals surface area contributed by atoms with Crippen LogP contribution in [0.15, 0.2) is 134 Å². The van der Waals surface area contributed by atoms with E-state index in [1.807, 2.05) is 30.3 Å². The summed E-state index contributed by atoms with van der Waals surface area (Å²) in [6.45, 7) is 0. The number of nitriles is 1. The number of para-hydroxylation sites is 2. The Balaban J connectivity index is 1.37. The fourth-order valence-electron chi connectivity index (χ4n) is 7.97. The molecule has 0 aliphatic heterocycles. The van der Waals surface area contributed by atoms with E-state index >= 15 is 0 Å². The molecule has 0 aliphatic rings. The van der Waals surface area contributed by atoms with E-state index in [1.54, 1.807) is 12.3 Å². The minimum absolute atomic E-state index is 0.561. The van der Waals surface area contributed by atoms with Crippen molar-refractivity contribution in [3.63, 3.8) is 0 Å². The summed E-state index contributed by atoms with van der Waals surface area (Å²) >= 11 is 0. The van der Waals surface area contributed by atoms with Gasteiger partial charge < -0.3 is 4.40 Å². The quantitative estimate of drug-likeness (QED) is 0.195. The van der Waals surface area contributed by atoms with E-state index < -0.39 is 0 Å². The average molecular weight is 611 g/mol. The van der Waals surface area contributed by atoms with Crippen LogP contribution in [0.4, 0.5) is 0 Å². The maximum atomic E-state index is 9.69. The molecule has 0 amide bonds. The smallest absolute Gasteiger partial charge is 0.235 e. The Bertz CT molecular complexity index is 3200. The highest BCUT2D eigenvalue weighted by atomic mass is 15.2. The van der Waals surface area contributed by atoms with Crippen LogP contribution in [0.2, 0.25) is 0 Å². The summed E-state index contributed by atoms with van der Waals surface area (Å²) in [5.41, 5.74) is 9.25. The molecule has 0 radical (unpaired) electrons. The van der Waals surface area contributed by atoms with Crippen molar-refractivity contribution in [1.29, 1.82) is 5.26 Å². The molecule has 0 saturated heterocycles. The molecule has 0 unspecified atom stereocenters. The Morgan fingerprint density at radius 2 is 1.38 bits per heavy atom. The third kappa shape index (κ3) is 3.17. The van der Waals surface area contributed by atoms with Gasteiger partial charge in [0.05, 0.1) is 44.7 Å². The summed E-state index contributed by atoms with van der Waals surface area (Å²) < 4.78 is 4.68. The molecule has 0 spiro atoms. The minimum Gasteiger partial charge on any atom is -0.307 e. The Morgan fingerprint density at radius 3 is 2.27 bits per heavy atom. The van der Waals surface area contributed by atoms with E-state index in [0.29, 0.717) is 22.7 Å². The van der Waals surface area contributed by atoms with Gasteiger partial charge in [0.15, 0.2) is 0 Å². The van der Waals surface area contributed by atoms with Gasteiger partial charge in [0.1, 0.15) is 11.2 Å². The van der Waals surface area contributed by atoms with Crippen LogP contribution in [-0.2, 0) is 0 Å². The molecule has 11 rings (SSSR count). The minimum atomic E-state index is 0.561. The molecule has 6 aromatic carbocycles. The Labute approximate surface area is 272 Å². The summed E-state index contributed by atoms with van der Waals surface area (Å²) in [5.74, 6) is 0.561. The van der Waals surface area contributed by atoms with Gasteiger partial charge in [-0.15, -0.1) is 0 Å². The number of aromatic nitrogens is 5. The van der Waals surface area contributed by atoms with Crippen LogP contribution in [0.1, 0.15) is 5.56 Å². The highest BCUT2D eigenvalue weighted by Gasteiger charge is 2.26. The molecule has 0 bridgehead atoms. The van der Waals surface area contributed by atoms with Gasteiger partial charge >= 0.3 is 0 Å². The standard InChI is InChI=1S/C42H22N6/c43-23-24-9-7-11-26(21-24)38-39-32(15-8-20-44-39)45-42(46-38)47-34-17-6-4-14-29(34)36-35(47)22-31-28-13-3-5-16-33(28)48-40-27-12-2-1-10-25(27)18-19-30(40)37(36)41(31)48/h1-22H. The third-order valence-corrected chi connectivity index (χ3v) is 9.89. The van der Waals surface area contributed by atoms with Crippen molar-refractivity contribution in [2.45, 2.75) is 0 Å². The largest absolute Gasteiger partial charge is 0.307 e. The molecule has 48 heavy (non-hydrogen) atoms.